The number of hydrogen-bond donors (Lipinski definition) is 2. The Labute approximate surface area is 158 Å². The molecular weight excluding hydrogens is 376 g/mol. The maximum Gasteiger partial charge on any atom is 0.407 e. The molecule has 0 bridgehead atoms. The predicted molar refractivity (Wildman–Crippen MR) is 98.3 cm³/mol. The molecule has 150 valence electrons. The number of rotatable bonds is 8. The van der Waals surface area contributed by atoms with Crippen molar-refractivity contribution in [2.24, 2.45) is 0 Å². The molecule has 0 aromatic heterocycles. The van der Waals surface area contributed by atoms with E-state index in [2.05, 4.69) is 10.6 Å². The lowest BCUT2D eigenvalue weighted by Gasteiger charge is -2.20. The number of ketones is 1. The number of nitrogens with one attached hydrogen (secondary N) is 2. The van der Waals surface area contributed by atoms with Gasteiger partial charge in [-0.05, 0) is 25.1 Å². The third kappa shape index (κ3) is 5.57. The number of carbonyl (C=O) groups is 2. The molecule has 1 amide bonds. The summed E-state index contributed by atoms with van der Waals surface area (Å²) >= 11 is 0. The molecule has 1 saturated heterocycles. The summed E-state index contributed by atoms with van der Waals surface area (Å²) in [5.74, 6) is 0.323. The molecule has 1 fully saturated rings. The van der Waals surface area contributed by atoms with Gasteiger partial charge in [-0.3, -0.25) is 4.79 Å². The van der Waals surface area contributed by atoms with Crippen LogP contribution in [0.2, 0.25) is 0 Å². The van der Waals surface area contributed by atoms with E-state index in [0.29, 0.717) is 17.1 Å². The zero-order valence-corrected chi connectivity index (χ0v) is 16.3. The lowest BCUT2D eigenvalue weighted by atomic mass is 10.1. The molecule has 0 aliphatic carbocycles. The SMILES string of the molecule is CCOC(=O)N[C@@H]1CS(=O)(=O)C[C@@H]1NCC(=O)c1ccc(OC)c(OC)c1. The van der Waals surface area contributed by atoms with Crippen molar-refractivity contribution >= 4 is 21.7 Å². The van der Waals surface area contributed by atoms with Crippen molar-refractivity contribution in [3.05, 3.63) is 23.8 Å². The Kier molecular flexibility index (Phi) is 7.03. The van der Waals surface area contributed by atoms with Gasteiger partial charge in [0.1, 0.15) is 0 Å². The molecule has 1 aromatic rings. The maximum atomic E-state index is 12.4. The Morgan fingerprint density at radius 1 is 1.11 bits per heavy atom. The van der Waals surface area contributed by atoms with Crippen molar-refractivity contribution in [1.29, 1.82) is 0 Å². The van der Waals surface area contributed by atoms with Gasteiger partial charge in [0, 0.05) is 11.6 Å². The first-order valence-corrected chi connectivity index (χ1v) is 10.2. The molecule has 1 aliphatic heterocycles. The number of ether oxygens (including phenoxy) is 3. The van der Waals surface area contributed by atoms with Crippen molar-refractivity contribution in [2.45, 2.75) is 19.0 Å². The number of benzene rings is 1. The van der Waals surface area contributed by atoms with Crippen LogP contribution in [0.4, 0.5) is 4.79 Å². The van der Waals surface area contributed by atoms with E-state index in [9.17, 15) is 18.0 Å². The second-order valence-corrected chi connectivity index (χ2v) is 8.18. The van der Waals surface area contributed by atoms with Crippen LogP contribution in [0.5, 0.6) is 11.5 Å². The van der Waals surface area contributed by atoms with Gasteiger partial charge in [-0.15, -0.1) is 0 Å². The number of Topliss-reactive ketones (excluding diaryl/α,β-unsaturated/α-hetero) is 1. The van der Waals surface area contributed by atoms with E-state index in [4.69, 9.17) is 14.2 Å². The van der Waals surface area contributed by atoms with Gasteiger partial charge in [-0.2, -0.15) is 0 Å². The van der Waals surface area contributed by atoms with E-state index in [0.717, 1.165) is 0 Å². The number of alkyl carbamates (subject to hydrolysis) is 1. The predicted octanol–water partition coefficient (Wildman–Crippen LogP) is 0.388. The fourth-order valence-electron chi connectivity index (χ4n) is 2.85. The Hall–Kier alpha value is -2.33. The third-order valence-electron chi connectivity index (χ3n) is 4.16. The topological polar surface area (TPSA) is 120 Å². The van der Waals surface area contributed by atoms with Gasteiger partial charge in [0.05, 0.1) is 44.9 Å². The summed E-state index contributed by atoms with van der Waals surface area (Å²) in [5, 5.41) is 5.46. The van der Waals surface area contributed by atoms with Crippen molar-refractivity contribution in [1.82, 2.24) is 10.6 Å². The van der Waals surface area contributed by atoms with Crippen molar-refractivity contribution in [3.63, 3.8) is 0 Å². The normalized spacial score (nSPS) is 20.7. The van der Waals surface area contributed by atoms with E-state index in [1.807, 2.05) is 0 Å². The Morgan fingerprint density at radius 3 is 2.41 bits per heavy atom. The quantitative estimate of drug-likeness (QED) is 0.601. The second kappa shape index (κ2) is 9.05. The standard InChI is InChI=1S/C17H24N2O7S/c1-4-26-17(21)19-13-10-27(22,23)9-12(13)18-8-14(20)11-5-6-15(24-2)16(7-11)25-3/h5-7,12-13,18H,4,8-10H2,1-3H3,(H,19,21)/t12-,13+/m0/s1. The number of carbonyl (C=O) groups excluding carboxylic acids is 2. The minimum Gasteiger partial charge on any atom is -0.493 e. The highest BCUT2D eigenvalue weighted by molar-refractivity contribution is 7.91. The van der Waals surface area contributed by atoms with Crippen LogP contribution in [0.25, 0.3) is 0 Å². The van der Waals surface area contributed by atoms with Gasteiger partial charge in [-0.1, -0.05) is 0 Å². The molecule has 2 rings (SSSR count). The van der Waals surface area contributed by atoms with Gasteiger partial charge in [0.15, 0.2) is 27.1 Å². The summed E-state index contributed by atoms with van der Waals surface area (Å²) in [4.78, 5) is 24.0. The molecule has 0 spiro atoms. The average molecular weight is 400 g/mol. The zero-order chi connectivity index (χ0) is 20.0. The zero-order valence-electron chi connectivity index (χ0n) is 15.5. The highest BCUT2D eigenvalue weighted by Crippen LogP contribution is 2.27. The lowest BCUT2D eigenvalue weighted by molar-refractivity contribution is 0.0986. The second-order valence-electron chi connectivity index (χ2n) is 6.03. The molecule has 0 unspecified atom stereocenters. The molecule has 2 N–H and O–H groups in total. The summed E-state index contributed by atoms with van der Waals surface area (Å²) in [7, 11) is -0.348. The number of hydrogen-bond acceptors (Lipinski definition) is 8. The monoisotopic (exact) mass is 400 g/mol. The van der Waals surface area contributed by atoms with Crippen LogP contribution in [-0.2, 0) is 14.6 Å². The summed E-state index contributed by atoms with van der Waals surface area (Å²) < 4.78 is 38.9. The van der Waals surface area contributed by atoms with Gasteiger partial charge in [0.25, 0.3) is 0 Å². The fourth-order valence-corrected chi connectivity index (χ4v) is 4.75. The third-order valence-corrected chi connectivity index (χ3v) is 5.90. The van der Waals surface area contributed by atoms with E-state index in [-0.39, 0.29) is 30.4 Å². The Balaban J connectivity index is 2.02. The summed E-state index contributed by atoms with van der Waals surface area (Å²) in [6.07, 6.45) is -0.683. The van der Waals surface area contributed by atoms with Crippen molar-refractivity contribution < 1.29 is 32.2 Å². The fraction of sp³-hybridized carbons (Fsp3) is 0.529. The van der Waals surface area contributed by atoms with Gasteiger partial charge in [-0.25, -0.2) is 13.2 Å². The molecule has 27 heavy (non-hydrogen) atoms. The smallest absolute Gasteiger partial charge is 0.407 e. The minimum atomic E-state index is -3.32. The first-order chi connectivity index (χ1) is 12.8. The molecule has 1 aromatic carbocycles. The van der Waals surface area contributed by atoms with Gasteiger partial charge < -0.3 is 24.8 Å². The first-order valence-electron chi connectivity index (χ1n) is 8.42. The number of methoxy groups -OCH3 is 2. The highest BCUT2D eigenvalue weighted by atomic mass is 32.2. The number of amides is 1. The highest BCUT2D eigenvalue weighted by Gasteiger charge is 2.38. The van der Waals surface area contributed by atoms with Crippen LogP contribution >= 0.6 is 0 Å². The van der Waals surface area contributed by atoms with Gasteiger partial charge >= 0.3 is 6.09 Å². The molecule has 10 heteroatoms. The largest absolute Gasteiger partial charge is 0.493 e. The summed E-state index contributed by atoms with van der Waals surface area (Å²) in [6, 6.07) is 3.54. The van der Waals surface area contributed by atoms with E-state index in [1.54, 1.807) is 25.1 Å². The van der Waals surface area contributed by atoms with Crippen LogP contribution < -0.4 is 20.1 Å². The molecular formula is C17H24N2O7S. The molecule has 9 nitrogen and oxygen atoms in total. The van der Waals surface area contributed by atoms with Crippen molar-refractivity contribution in [2.75, 3.05) is 38.9 Å². The number of sulfone groups is 1. The van der Waals surface area contributed by atoms with E-state index >= 15 is 0 Å². The Morgan fingerprint density at radius 2 is 1.78 bits per heavy atom. The van der Waals surface area contributed by atoms with Crippen LogP contribution in [0.1, 0.15) is 17.3 Å². The Bertz CT molecular complexity index is 794. The van der Waals surface area contributed by atoms with E-state index in [1.165, 1.54) is 14.2 Å². The maximum absolute atomic E-state index is 12.4. The summed E-state index contributed by atoms with van der Waals surface area (Å²) in [5.41, 5.74) is 0.399. The molecule has 2 atom stereocenters. The summed E-state index contributed by atoms with van der Waals surface area (Å²) in [6.45, 7) is 1.75. The van der Waals surface area contributed by atoms with Crippen molar-refractivity contribution in [3.8, 4) is 11.5 Å². The van der Waals surface area contributed by atoms with Gasteiger partial charge in [0.2, 0.25) is 0 Å². The van der Waals surface area contributed by atoms with Crippen LogP contribution in [0.15, 0.2) is 18.2 Å². The van der Waals surface area contributed by atoms with Crippen LogP contribution in [0, 0.1) is 0 Å². The average Bonchev–Trinajstić information content (AvgIpc) is 2.92. The molecule has 0 radical (unpaired) electrons. The lowest BCUT2D eigenvalue weighted by Crippen LogP contribution is -2.50. The minimum absolute atomic E-state index is 0.0866. The first kappa shape index (κ1) is 21.0. The molecule has 1 aliphatic rings. The van der Waals surface area contributed by atoms with Crippen LogP contribution in [-0.4, -0.2) is 71.3 Å². The van der Waals surface area contributed by atoms with E-state index < -0.39 is 28.0 Å². The molecule has 1 heterocycles. The van der Waals surface area contributed by atoms with Crippen LogP contribution in [0.3, 0.4) is 0 Å². The molecule has 0 saturated carbocycles.